The van der Waals surface area contributed by atoms with Crippen LogP contribution in [-0.4, -0.2) is 72.8 Å². The van der Waals surface area contributed by atoms with E-state index in [4.69, 9.17) is 9.47 Å². The molecular weight excluding hydrogens is 437 g/mol. The van der Waals surface area contributed by atoms with Crippen LogP contribution in [-0.2, 0) is 36.0 Å². The molecule has 33 heavy (non-hydrogen) atoms. The van der Waals surface area contributed by atoms with Gasteiger partial charge in [-0.1, -0.05) is 25.5 Å². The van der Waals surface area contributed by atoms with Gasteiger partial charge in [0.05, 0.1) is 12.2 Å². The van der Waals surface area contributed by atoms with E-state index in [2.05, 4.69) is 17.0 Å². The standard InChI is InChI=1S/C23H30N4O5.Mg/c1-5-7-18-20-21(26(4)25-18)22(28)27(15(3)24-20)12-13-32-17-10-8-16(9-11-17)14-19(23(29)30)31-6-2;/h8-11,19H,5-7,12-14H2,1-4H3,(H,29,30);/q;+2/t19-;/m1./s1. The molecule has 0 aliphatic rings. The molecule has 0 saturated heterocycles. The summed E-state index contributed by atoms with van der Waals surface area (Å²) in [6.07, 6.45) is 1.14. The number of rotatable bonds is 11. The average Bonchev–Trinajstić information content (AvgIpc) is 3.06. The van der Waals surface area contributed by atoms with Gasteiger partial charge in [-0.25, -0.2) is 9.78 Å². The number of carboxylic acids is 1. The van der Waals surface area contributed by atoms with Crippen LogP contribution in [0.5, 0.6) is 5.75 Å². The molecule has 10 heteroatoms. The van der Waals surface area contributed by atoms with Gasteiger partial charge in [-0.15, -0.1) is 0 Å². The molecular formula is C23H30MgN4O5+2. The Morgan fingerprint density at radius 3 is 2.52 bits per heavy atom. The summed E-state index contributed by atoms with van der Waals surface area (Å²) in [5.41, 5.74) is 2.75. The molecule has 0 saturated carbocycles. The first-order valence-corrected chi connectivity index (χ1v) is 10.8. The minimum absolute atomic E-state index is 0. The van der Waals surface area contributed by atoms with E-state index in [0.29, 0.717) is 42.4 Å². The number of benzene rings is 1. The zero-order valence-electron chi connectivity index (χ0n) is 19.7. The third-order valence-corrected chi connectivity index (χ3v) is 5.26. The van der Waals surface area contributed by atoms with Crippen LogP contribution in [0.3, 0.4) is 0 Å². The third-order valence-electron chi connectivity index (χ3n) is 5.26. The summed E-state index contributed by atoms with van der Waals surface area (Å²) in [7, 11) is 1.77. The van der Waals surface area contributed by atoms with Crippen molar-refractivity contribution in [2.75, 3.05) is 13.2 Å². The Bertz CT molecular complexity index is 1140. The van der Waals surface area contributed by atoms with Gasteiger partial charge in [0.1, 0.15) is 23.7 Å². The first-order valence-electron chi connectivity index (χ1n) is 10.8. The Morgan fingerprint density at radius 2 is 1.91 bits per heavy atom. The van der Waals surface area contributed by atoms with E-state index in [9.17, 15) is 14.7 Å². The van der Waals surface area contributed by atoms with Crippen LogP contribution >= 0.6 is 0 Å². The minimum Gasteiger partial charge on any atom is -0.492 e. The second-order valence-corrected chi connectivity index (χ2v) is 7.61. The van der Waals surface area contributed by atoms with Gasteiger partial charge >= 0.3 is 29.0 Å². The molecule has 172 valence electrons. The number of carbonyl (C=O) groups is 1. The number of ether oxygens (including phenoxy) is 2. The van der Waals surface area contributed by atoms with Crippen molar-refractivity contribution in [1.82, 2.24) is 19.3 Å². The van der Waals surface area contributed by atoms with Crippen molar-refractivity contribution in [3.63, 3.8) is 0 Å². The second kappa shape index (κ2) is 12.1. The summed E-state index contributed by atoms with van der Waals surface area (Å²) < 4.78 is 14.3. The summed E-state index contributed by atoms with van der Waals surface area (Å²) in [6, 6.07) is 7.21. The summed E-state index contributed by atoms with van der Waals surface area (Å²) >= 11 is 0. The van der Waals surface area contributed by atoms with E-state index in [1.165, 1.54) is 0 Å². The van der Waals surface area contributed by atoms with Crippen LogP contribution in [0.4, 0.5) is 0 Å². The fourth-order valence-electron chi connectivity index (χ4n) is 3.70. The predicted octanol–water partition coefficient (Wildman–Crippen LogP) is 2.12. The zero-order valence-corrected chi connectivity index (χ0v) is 21.1. The maximum Gasteiger partial charge on any atom is 2.00 e. The minimum atomic E-state index is -0.978. The Labute approximate surface area is 208 Å². The summed E-state index contributed by atoms with van der Waals surface area (Å²) in [5.74, 6) is 0.291. The number of aromatic nitrogens is 4. The number of fused-ring (bicyclic) bond motifs is 1. The van der Waals surface area contributed by atoms with Crippen LogP contribution in [0.1, 0.15) is 37.4 Å². The topological polar surface area (TPSA) is 108 Å². The molecule has 0 bridgehead atoms. The smallest absolute Gasteiger partial charge is 0.492 e. The average molecular weight is 467 g/mol. The quantitative estimate of drug-likeness (QED) is 0.431. The Balaban J connectivity index is 0.00000385. The van der Waals surface area contributed by atoms with Crippen LogP contribution < -0.4 is 10.3 Å². The molecule has 1 aromatic carbocycles. The van der Waals surface area contributed by atoms with E-state index in [-0.39, 0.29) is 35.0 Å². The molecule has 9 nitrogen and oxygen atoms in total. The Kier molecular flexibility index (Phi) is 9.87. The summed E-state index contributed by atoms with van der Waals surface area (Å²) in [6.45, 7) is 6.65. The van der Waals surface area contributed by atoms with Crippen molar-refractivity contribution in [2.45, 2.75) is 52.7 Å². The molecule has 2 heterocycles. The molecule has 2 aromatic heterocycles. The molecule has 0 aliphatic carbocycles. The Hall–Kier alpha value is -2.43. The van der Waals surface area contributed by atoms with Gasteiger partial charge in [0, 0.05) is 20.1 Å². The fraction of sp³-hybridized carbons (Fsp3) is 0.478. The van der Waals surface area contributed by atoms with Crippen molar-refractivity contribution in [3.05, 3.63) is 51.7 Å². The number of aliphatic carboxylic acids is 1. The molecule has 0 spiro atoms. The SMILES string of the molecule is CCCc1nn(C)c2c(=O)n(CCOc3ccc(C[C@@H](OCC)C(=O)O)cc3)c(C)nc12.[Mg+2]. The van der Waals surface area contributed by atoms with E-state index in [1.807, 2.05) is 19.1 Å². The van der Waals surface area contributed by atoms with Crippen LogP contribution in [0.2, 0.25) is 0 Å². The van der Waals surface area contributed by atoms with Crippen LogP contribution in [0.15, 0.2) is 29.1 Å². The molecule has 1 N–H and O–H groups in total. The Morgan fingerprint density at radius 1 is 1.21 bits per heavy atom. The largest absolute Gasteiger partial charge is 2.00 e. The monoisotopic (exact) mass is 466 g/mol. The van der Waals surface area contributed by atoms with Gasteiger partial charge in [0.25, 0.3) is 5.56 Å². The van der Waals surface area contributed by atoms with Gasteiger partial charge in [-0.2, -0.15) is 5.10 Å². The molecule has 3 rings (SSSR count). The van der Waals surface area contributed by atoms with Crippen molar-refractivity contribution < 1.29 is 19.4 Å². The van der Waals surface area contributed by atoms with E-state index in [0.717, 1.165) is 24.1 Å². The molecule has 0 aliphatic heterocycles. The van der Waals surface area contributed by atoms with Crippen LogP contribution in [0.25, 0.3) is 11.0 Å². The maximum atomic E-state index is 13.0. The summed E-state index contributed by atoms with van der Waals surface area (Å²) in [4.78, 5) is 28.9. The van der Waals surface area contributed by atoms with Crippen molar-refractivity contribution in [3.8, 4) is 5.75 Å². The first-order chi connectivity index (χ1) is 15.3. The number of nitrogens with zero attached hydrogens (tertiary/aromatic N) is 4. The van der Waals surface area contributed by atoms with Crippen LogP contribution in [0, 0.1) is 6.92 Å². The van der Waals surface area contributed by atoms with Crippen molar-refractivity contribution >= 4 is 40.1 Å². The maximum absolute atomic E-state index is 13.0. The fourth-order valence-corrected chi connectivity index (χ4v) is 3.70. The van der Waals surface area contributed by atoms with Gasteiger partial charge in [-0.3, -0.25) is 14.0 Å². The van der Waals surface area contributed by atoms with E-state index in [1.54, 1.807) is 35.4 Å². The van der Waals surface area contributed by atoms with E-state index >= 15 is 0 Å². The molecule has 0 fully saturated rings. The molecule has 3 aromatic rings. The number of carboxylic acid groups (broad SMARTS) is 1. The molecule has 0 unspecified atom stereocenters. The van der Waals surface area contributed by atoms with Crippen molar-refractivity contribution in [1.29, 1.82) is 0 Å². The normalized spacial score (nSPS) is 11.9. The second-order valence-electron chi connectivity index (χ2n) is 7.61. The van der Waals surface area contributed by atoms with Gasteiger partial charge in [0.2, 0.25) is 0 Å². The summed E-state index contributed by atoms with van der Waals surface area (Å²) in [5, 5.41) is 13.7. The number of hydrogen-bond donors (Lipinski definition) is 1. The molecule has 1 atom stereocenters. The van der Waals surface area contributed by atoms with Gasteiger partial charge in [0.15, 0.2) is 11.6 Å². The predicted molar refractivity (Wildman–Crippen MR) is 126 cm³/mol. The zero-order chi connectivity index (χ0) is 23.3. The molecule has 0 amide bonds. The number of aryl methyl sites for hydroxylation is 3. The third kappa shape index (κ3) is 6.33. The first kappa shape index (κ1) is 26.8. The van der Waals surface area contributed by atoms with Gasteiger partial charge < -0.3 is 14.6 Å². The van der Waals surface area contributed by atoms with E-state index < -0.39 is 12.1 Å². The molecule has 0 radical (unpaired) electrons. The van der Waals surface area contributed by atoms with Crippen molar-refractivity contribution in [2.24, 2.45) is 7.05 Å². The number of hydrogen-bond acceptors (Lipinski definition) is 6. The van der Waals surface area contributed by atoms with Gasteiger partial charge in [-0.05, 0) is 38.0 Å².